The van der Waals surface area contributed by atoms with Gasteiger partial charge in [-0.3, -0.25) is 0 Å². The number of piperidine rings is 1. The van der Waals surface area contributed by atoms with E-state index in [1.54, 1.807) is 0 Å². The van der Waals surface area contributed by atoms with Gasteiger partial charge in [0.25, 0.3) is 0 Å². The Kier molecular flexibility index (Phi) is 10.1. The first-order chi connectivity index (χ1) is 12.7. The van der Waals surface area contributed by atoms with E-state index in [0.29, 0.717) is 0 Å². The predicted molar refractivity (Wildman–Crippen MR) is 112 cm³/mol. The molecule has 26 heavy (non-hydrogen) atoms. The average molecular weight is 361 g/mol. The molecule has 2 heteroatoms. The molecule has 0 amide bonds. The Morgan fingerprint density at radius 1 is 0.846 bits per heavy atom. The molecule has 1 saturated heterocycles. The zero-order chi connectivity index (χ0) is 18.7. The van der Waals surface area contributed by atoms with Crippen molar-refractivity contribution in [2.45, 2.75) is 123 Å². The Morgan fingerprint density at radius 3 is 2.08 bits per heavy atom. The number of rotatable bonds is 11. The molecule has 1 aliphatic heterocycles. The minimum atomic E-state index is 0.0151. The van der Waals surface area contributed by atoms with Crippen molar-refractivity contribution in [1.29, 1.82) is 5.26 Å². The Bertz CT molecular complexity index is 395. The van der Waals surface area contributed by atoms with Crippen LogP contribution < -0.4 is 0 Å². The summed E-state index contributed by atoms with van der Waals surface area (Å²) in [7, 11) is 0. The molecule has 0 spiro atoms. The zero-order valence-corrected chi connectivity index (χ0v) is 17.8. The van der Waals surface area contributed by atoms with Gasteiger partial charge >= 0.3 is 0 Å². The summed E-state index contributed by atoms with van der Waals surface area (Å²) in [6.45, 7) is 7.21. The summed E-state index contributed by atoms with van der Waals surface area (Å²) in [5.41, 5.74) is 0.0151. The Morgan fingerprint density at radius 2 is 1.46 bits per heavy atom. The van der Waals surface area contributed by atoms with Crippen LogP contribution in [0.2, 0.25) is 0 Å². The number of unbranched alkanes of at least 4 members (excludes halogenated alkanes) is 6. The maximum Gasteiger partial charge on any atom is 0.0689 e. The Hall–Kier alpha value is -0.550. The fraction of sp³-hybridized carbons (Fsp3) is 0.958. The third-order valence-corrected chi connectivity index (χ3v) is 7.29. The standard InChI is InChI=1S/C24H44N2/c1-3-5-7-8-10-16-24(21-25)17-12-23(13-18-24)26-19-14-22(15-20-26)11-9-6-4-2/h22-23H,3-20H2,1-2H3. The predicted octanol–water partition coefficient (Wildman–Crippen LogP) is 7.09. The molecular weight excluding hydrogens is 316 g/mol. The molecule has 2 rings (SSSR count). The summed E-state index contributed by atoms with van der Waals surface area (Å²) in [5.74, 6) is 0.989. The zero-order valence-electron chi connectivity index (χ0n) is 17.8. The lowest BCUT2D eigenvalue weighted by molar-refractivity contribution is 0.0754. The van der Waals surface area contributed by atoms with Gasteiger partial charge in [0, 0.05) is 6.04 Å². The molecule has 0 N–H and O–H groups in total. The van der Waals surface area contributed by atoms with Crippen LogP contribution in [0.25, 0.3) is 0 Å². The summed E-state index contributed by atoms with van der Waals surface area (Å²) in [5, 5.41) is 9.81. The molecule has 0 atom stereocenters. The fourth-order valence-electron chi connectivity index (χ4n) is 5.29. The monoisotopic (exact) mass is 360 g/mol. The van der Waals surface area contributed by atoms with Crippen LogP contribution in [0.5, 0.6) is 0 Å². The second kappa shape index (κ2) is 12.0. The molecule has 0 aromatic rings. The van der Waals surface area contributed by atoms with Gasteiger partial charge in [0.15, 0.2) is 0 Å². The topological polar surface area (TPSA) is 27.0 Å². The van der Waals surface area contributed by atoms with Crippen LogP contribution in [0.4, 0.5) is 0 Å². The van der Waals surface area contributed by atoms with Gasteiger partial charge in [-0.25, -0.2) is 0 Å². The molecule has 0 bridgehead atoms. The molecule has 0 unspecified atom stereocenters. The van der Waals surface area contributed by atoms with Crippen molar-refractivity contribution in [2.75, 3.05) is 13.1 Å². The largest absolute Gasteiger partial charge is 0.300 e. The third-order valence-electron chi connectivity index (χ3n) is 7.29. The van der Waals surface area contributed by atoms with Gasteiger partial charge in [0.05, 0.1) is 11.5 Å². The molecule has 150 valence electrons. The molecular formula is C24H44N2. The van der Waals surface area contributed by atoms with Gasteiger partial charge < -0.3 is 4.90 Å². The number of nitriles is 1. The lowest BCUT2D eigenvalue weighted by Gasteiger charge is -2.43. The van der Waals surface area contributed by atoms with Crippen molar-refractivity contribution in [1.82, 2.24) is 4.90 Å². The molecule has 2 aliphatic rings. The normalized spacial score (nSPS) is 28.1. The van der Waals surface area contributed by atoms with Crippen LogP contribution in [-0.2, 0) is 0 Å². The smallest absolute Gasteiger partial charge is 0.0689 e. The number of hydrogen-bond donors (Lipinski definition) is 0. The average Bonchev–Trinajstić information content (AvgIpc) is 2.69. The van der Waals surface area contributed by atoms with Crippen LogP contribution >= 0.6 is 0 Å². The van der Waals surface area contributed by atoms with Crippen molar-refractivity contribution >= 4 is 0 Å². The van der Waals surface area contributed by atoms with Crippen LogP contribution in [0.3, 0.4) is 0 Å². The minimum absolute atomic E-state index is 0.0151. The highest BCUT2D eigenvalue weighted by Gasteiger charge is 2.37. The van der Waals surface area contributed by atoms with Gasteiger partial charge in [0.2, 0.25) is 0 Å². The SMILES string of the molecule is CCCCCCCC1(C#N)CCC(N2CCC(CCCCC)CC2)CC1. The lowest BCUT2D eigenvalue weighted by atomic mass is 9.70. The van der Waals surface area contributed by atoms with E-state index in [4.69, 9.17) is 0 Å². The van der Waals surface area contributed by atoms with E-state index < -0.39 is 0 Å². The van der Waals surface area contributed by atoms with E-state index in [9.17, 15) is 5.26 Å². The van der Waals surface area contributed by atoms with E-state index in [0.717, 1.165) is 31.2 Å². The van der Waals surface area contributed by atoms with Crippen LogP contribution in [0, 0.1) is 22.7 Å². The van der Waals surface area contributed by atoms with Gasteiger partial charge in [0.1, 0.15) is 0 Å². The van der Waals surface area contributed by atoms with Crippen LogP contribution in [0.1, 0.15) is 117 Å². The second-order valence-corrected chi connectivity index (χ2v) is 9.26. The summed E-state index contributed by atoms with van der Waals surface area (Å²) < 4.78 is 0. The second-order valence-electron chi connectivity index (χ2n) is 9.26. The maximum atomic E-state index is 9.81. The fourth-order valence-corrected chi connectivity index (χ4v) is 5.29. The summed E-state index contributed by atoms with van der Waals surface area (Å²) >= 11 is 0. The summed E-state index contributed by atoms with van der Waals surface area (Å²) in [6, 6.07) is 3.52. The molecule has 1 saturated carbocycles. The van der Waals surface area contributed by atoms with Gasteiger partial charge in [-0.1, -0.05) is 71.6 Å². The van der Waals surface area contributed by atoms with Crippen LogP contribution in [0.15, 0.2) is 0 Å². The van der Waals surface area contributed by atoms with Crippen molar-refractivity contribution in [2.24, 2.45) is 11.3 Å². The Balaban J connectivity index is 1.66. The molecule has 1 heterocycles. The highest BCUT2D eigenvalue weighted by molar-refractivity contribution is 5.03. The van der Waals surface area contributed by atoms with E-state index in [1.807, 2.05) is 0 Å². The van der Waals surface area contributed by atoms with Crippen molar-refractivity contribution in [3.05, 3.63) is 0 Å². The highest BCUT2D eigenvalue weighted by atomic mass is 15.2. The minimum Gasteiger partial charge on any atom is -0.300 e. The molecule has 2 nitrogen and oxygen atoms in total. The van der Waals surface area contributed by atoms with Crippen molar-refractivity contribution < 1.29 is 0 Å². The molecule has 1 aliphatic carbocycles. The van der Waals surface area contributed by atoms with E-state index >= 15 is 0 Å². The van der Waals surface area contributed by atoms with E-state index in [1.165, 1.54) is 96.6 Å². The van der Waals surface area contributed by atoms with E-state index in [2.05, 4.69) is 24.8 Å². The van der Waals surface area contributed by atoms with Gasteiger partial charge in [-0.15, -0.1) is 0 Å². The van der Waals surface area contributed by atoms with E-state index in [-0.39, 0.29) is 5.41 Å². The van der Waals surface area contributed by atoms with Crippen LogP contribution in [-0.4, -0.2) is 24.0 Å². The Labute approximate surface area is 163 Å². The summed E-state index contributed by atoms with van der Waals surface area (Å²) in [6.07, 6.45) is 21.1. The van der Waals surface area contributed by atoms with Gasteiger partial charge in [-0.2, -0.15) is 5.26 Å². The lowest BCUT2D eigenvalue weighted by Crippen LogP contribution is -2.44. The number of nitrogens with zero attached hydrogens (tertiary/aromatic N) is 2. The maximum absolute atomic E-state index is 9.81. The van der Waals surface area contributed by atoms with Gasteiger partial charge in [-0.05, 0) is 64.0 Å². The first kappa shape index (κ1) is 21.7. The molecule has 0 aromatic carbocycles. The first-order valence-corrected chi connectivity index (χ1v) is 11.9. The highest BCUT2D eigenvalue weighted by Crippen LogP contribution is 2.42. The van der Waals surface area contributed by atoms with Crippen molar-refractivity contribution in [3.8, 4) is 6.07 Å². The molecule has 2 fully saturated rings. The summed E-state index contributed by atoms with van der Waals surface area (Å²) in [4.78, 5) is 2.78. The molecule has 0 aromatic heterocycles. The molecule has 0 radical (unpaired) electrons. The third kappa shape index (κ3) is 6.88. The quantitative estimate of drug-likeness (QED) is 0.368. The first-order valence-electron chi connectivity index (χ1n) is 11.9. The number of likely N-dealkylation sites (tertiary alicyclic amines) is 1. The van der Waals surface area contributed by atoms with Crippen molar-refractivity contribution in [3.63, 3.8) is 0 Å². The number of hydrogen-bond acceptors (Lipinski definition) is 2.